The Labute approximate surface area is 114 Å². The van der Waals surface area contributed by atoms with Crippen molar-refractivity contribution in [1.29, 1.82) is 5.26 Å². The fraction of sp³-hybridized carbons (Fsp3) is 0.312. The van der Waals surface area contributed by atoms with E-state index in [1.54, 1.807) is 7.11 Å². The predicted molar refractivity (Wildman–Crippen MR) is 76.3 cm³/mol. The number of benzene rings is 1. The van der Waals surface area contributed by atoms with Crippen LogP contribution in [-0.2, 0) is 7.05 Å². The molecule has 0 saturated carbocycles. The Bertz CT molecular complexity index is 675. The van der Waals surface area contributed by atoms with Gasteiger partial charge in [-0.05, 0) is 50.1 Å². The summed E-state index contributed by atoms with van der Waals surface area (Å²) >= 11 is 0. The van der Waals surface area contributed by atoms with Crippen molar-refractivity contribution >= 4 is 0 Å². The van der Waals surface area contributed by atoms with Crippen molar-refractivity contribution < 1.29 is 4.74 Å². The molecule has 19 heavy (non-hydrogen) atoms. The van der Waals surface area contributed by atoms with Gasteiger partial charge in [0, 0.05) is 18.3 Å². The molecule has 0 atom stereocenters. The lowest BCUT2D eigenvalue weighted by Gasteiger charge is -2.13. The summed E-state index contributed by atoms with van der Waals surface area (Å²) in [6.45, 7) is 6.10. The standard InChI is InChI=1S/C16H18N2O/c1-10-6-14(16(19-5)7-11(10)2)15-8-13(9-17)12(3)18(15)4/h6-8H,1-5H3. The van der Waals surface area contributed by atoms with E-state index in [0.29, 0.717) is 5.56 Å². The summed E-state index contributed by atoms with van der Waals surface area (Å²) in [5.41, 5.74) is 6.13. The van der Waals surface area contributed by atoms with Crippen molar-refractivity contribution in [3.05, 3.63) is 40.6 Å². The molecule has 0 aliphatic heterocycles. The lowest BCUT2D eigenvalue weighted by molar-refractivity contribution is 0.415. The largest absolute Gasteiger partial charge is 0.496 e. The first-order chi connectivity index (χ1) is 8.99. The SMILES string of the molecule is COc1cc(C)c(C)cc1-c1cc(C#N)c(C)n1C. The zero-order valence-corrected chi connectivity index (χ0v) is 12.0. The molecule has 3 nitrogen and oxygen atoms in total. The first kappa shape index (κ1) is 13.2. The topological polar surface area (TPSA) is 37.9 Å². The lowest BCUT2D eigenvalue weighted by Crippen LogP contribution is -1.97. The molecule has 0 spiro atoms. The van der Waals surface area contributed by atoms with Crippen LogP contribution >= 0.6 is 0 Å². The highest BCUT2D eigenvalue weighted by molar-refractivity contribution is 5.72. The second-order valence-corrected chi connectivity index (χ2v) is 4.84. The summed E-state index contributed by atoms with van der Waals surface area (Å²) in [6, 6.07) is 8.30. The summed E-state index contributed by atoms with van der Waals surface area (Å²) in [4.78, 5) is 0. The molecule has 2 aromatic rings. The molecule has 0 fully saturated rings. The van der Waals surface area contributed by atoms with Crippen LogP contribution in [0.25, 0.3) is 11.3 Å². The third-order valence-electron chi connectivity index (χ3n) is 3.75. The number of hydrogen-bond acceptors (Lipinski definition) is 2. The smallest absolute Gasteiger partial charge is 0.128 e. The van der Waals surface area contributed by atoms with Gasteiger partial charge in [-0.25, -0.2) is 0 Å². The van der Waals surface area contributed by atoms with Crippen molar-refractivity contribution in [2.75, 3.05) is 7.11 Å². The molecule has 0 N–H and O–H groups in total. The van der Waals surface area contributed by atoms with Gasteiger partial charge in [-0.15, -0.1) is 0 Å². The van der Waals surface area contributed by atoms with Gasteiger partial charge < -0.3 is 9.30 Å². The Kier molecular flexibility index (Phi) is 3.35. The molecule has 98 valence electrons. The number of methoxy groups -OCH3 is 1. The molecule has 0 unspecified atom stereocenters. The van der Waals surface area contributed by atoms with Crippen LogP contribution < -0.4 is 4.74 Å². The average molecular weight is 254 g/mol. The first-order valence-corrected chi connectivity index (χ1v) is 6.21. The fourth-order valence-corrected chi connectivity index (χ4v) is 2.23. The van der Waals surface area contributed by atoms with Gasteiger partial charge in [0.25, 0.3) is 0 Å². The van der Waals surface area contributed by atoms with Gasteiger partial charge >= 0.3 is 0 Å². The maximum absolute atomic E-state index is 9.13. The van der Waals surface area contributed by atoms with E-state index in [2.05, 4.69) is 26.0 Å². The number of hydrogen-bond donors (Lipinski definition) is 0. The number of aromatic nitrogens is 1. The van der Waals surface area contributed by atoms with Crippen LogP contribution in [0, 0.1) is 32.1 Å². The van der Waals surface area contributed by atoms with Crippen molar-refractivity contribution in [3.63, 3.8) is 0 Å². The van der Waals surface area contributed by atoms with Crippen LogP contribution in [0.15, 0.2) is 18.2 Å². The summed E-state index contributed by atoms with van der Waals surface area (Å²) in [5, 5.41) is 9.13. The van der Waals surface area contributed by atoms with Crippen LogP contribution in [-0.4, -0.2) is 11.7 Å². The molecule has 2 rings (SSSR count). The van der Waals surface area contributed by atoms with Crippen molar-refractivity contribution in [2.45, 2.75) is 20.8 Å². The van der Waals surface area contributed by atoms with Crippen LogP contribution in [0.4, 0.5) is 0 Å². The molecular formula is C16H18N2O. The normalized spacial score (nSPS) is 10.3. The van der Waals surface area contributed by atoms with Crippen molar-refractivity contribution in [2.24, 2.45) is 7.05 Å². The van der Waals surface area contributed by atoms with Gasteiger partial charge in [0.2, 0.25) is 0 Å². The number of nitrogens with zero attached hydrogens (tertiary/aromatic N) is 2. The van der Waals surface area contributed by atoms with Gasteiger partial charge in [0.1, 0.15) is 11.8 Å². The third kappa shape index (κ3) is 2.10. The molecule has 0 bridgehead atoms. The van der Waals surface area contributed by atoms with Crippen molar-refractivity contribution in [1.82, 2.24) is 4.57 Å². The number of rotatable bonds is 2. The zero-order chi connectivity index (χ0) is 14.2. The van der Waals surface area contributed by atoms with Crippen LogP contribution in [0.3, 0.4) is 0 Å². The first-order valence-electron chi connectivity index (χ1n) is 6.21. The van der Waals surface area contributed by atoms with Gasteiger partial charge in [0.15, 0.2) is 0 Å². The molecular weight excluding hydrogens is 236 g/mol. The maximum atomic E-state index is 9.13. The molecule has 1 aromatic carbocycles. The Morgan fingerprint density at radius 2 is 1.74 bits per heavy atom. The van der Waals surface area contributed by atoms with Gasteiger partial charge in [-0.1, -0.05) is 0 Å². The predicted octanol–water partition coefficient (Wildman–Crippen LogP) is 3.50. The molecule has 0 radical (unpaired) electrons. The van der Waals surface area contributed by atoms with E-state index in [1.165, 1.54) is 11.1 Å². The Balaban J connectivity index is 2.72. The molecule has 0 amide bonds. The van der Waals surface area contributed by atoms with Gasteiger partial charge in [-0.2, -0.15) is 5.26 Å². The second-order valence-electron chi connectivity index (χ2n) is 4.84. The van der Waals surface area contributed by atoms with Crippen LogP contribution in [0.5, 0.6) is 5.75 Å². The summed E-state index contributed by atoms with van der Waals surface area (Å²) < 4.78 is 7.51. The second kappa shape index (κ2) is 4.81. The van der Waals surface area contributed by atoms with Gasteiger partial charge in [-0.3, -0.25) is 0 Å². The highest BCUT2D eigenvalue weighted by Gasteiger charge is 2.15. The number of nitriles is 1. The van der Waals surface area contributed by atoms with E-state index >= 15 is 0 Å². The van der Waals surface area contributed by atoms with E-state index in [4.69, 9.17) is 10.00 Å². The molecule has 0 saturated heterocycles. The number of aryl methyl sites for hydroxylation is 2. The minimum atomic E-state index is 0.706. The highest BCUT2D eigenvalue weighted by atomic mass is 16.5. The van der Waals surface area contributed by atoms with E-state index in [1.807, 2.05) is 30.7 Å². The number of ether oxygens (including phenoxy) is 1. The Hall–Kier alpha value is -2.21. The zero-order valence-electron chi connectivity index (χ0n) is 12.0. The van der Waals surface area contributed by atoms with Crippen LogP contribution in [0.1, 0.15) is 22.4 Å². The highest BCUT2D eigenvalue weighted by Crippen LogP contribution is 2.34. The molecule has 0 aliphatic carbocycles. The van der Waals surface area contributed by atoms with E-state index < -0.39 is 0 Å². The van der Waals surface area contributed by atoms with E-state index in [0.717, 1.165) is 22.7 Å². The van der Waals surface area contributed by atoms with E-state index in [-0.39, 0.29) is 0 Å². The van der Waals surface area contributed by atoms with Crippen LogP contribution in [0.2, 0.25) is 0 Å². The maximum Gasteiger partial charge on any atom is 0.128 e. The lowest BCUT2D eigenvalue weighted by atomic mass is 10.0. The third-order valence-corrected chi connectivity index (χ3v) is 3.75. The summed E-state index contributed by atoms with van der Waals surface area (Å²) in [5.74, 6) is 0.841. The minimum absolute atomic E-state index is 0.706. The summed E-state index contributed by atoms with van der Waals surface area (Å²) in [6.07, 6.45) is 0. The molecule has 3 heteroatoms. The van der Waals surface area contributed by atoms with Crippen molar-refractivity contribution in [3.8, 4) is 23.1 Å². The fourth-order valence-electron chi connectivity index (χ4n) is 2.23. The Morgan fingerprint density at radius 1 is 1.11 bits per heavy atom. The molecule has 0 aliphatic rings. The molecule has 1 heterocycles. The molecule has 1 aromatic heterocycles. The van der Waals surface area contributed by atoms with Gasteiger partial charge in [0.05, 0.1) is 18.4 Å². The quantitative estimate of drug-likeness (QED) is 0.822. The summed E-state index contributed by atoms with van der Waals surface area (Å²) in [7, 11) is 3.65. The Morgan fingerprint density at radius 3 is 2.26 bits per heavy atom. The van der Waals surface area contributed by atoms with E-state index in [9.17, 15) is 0 Å². The average Bonchev–Trinajstić information content (AvgIpc) is 2.69. The minimum Gasteiger partial charge on any atom is -0.496 e. The monoisotopic (exact) mass is 254 g/mol.